The summed E-state index contributed by atoms with van der Waals surface area (Å²) in [6.07, 6.45) is -0.247. The minimum atomic E-state index is -1.19. The van der Waals surface area contributed by atoms with Crippen molar-refractivity contribution >= 4 is 23.8 Å². The van der Waals surface area contributed by atoms with E-state index >= 15 is 0 Å². The molecule has 154 valence electrons. The van der Waals surface area contributed by atoms with Gasteiger partial charge in [0, 0.05) is 12.8 Å². The summed E-state index contributed by atoms with van der Waals surface area (Å²) in [6, 6.07) is 5.61. The van der Waals surface area contributed by atoms with Gasteiger partial charge in [0.2, 0.25) is 11.8 Å². The van der Waals surface area contributed by atoms with Crippen molar-refractivity contribution in [3.63, 3.8) is 0 Å². The van der Waals surface area contributed by atoms with Crippen LogP contribution in [0.2, 0.25) is 0 Å². The van der Waals surface area contributed by atoms with Gasteiger partial charge in [0.15, 0.2) is 0 Å². The Morgan fingerprint density at radius 2 is 1.61 bits per heavy atom. The summed E-state index contributed by atoms with van der Waals surface area (Å²) in [6.45, 7) is 3.39. The second-order valence-corrected chi connectivity index (χ2v) is 6.86. The van der Waals surface area contributed by atoms with E-state index < -0.39 is 41.9 Å². The van der Waals surface area contributed by atoms with Crippen molar-refractivity contribution in [2.75, 3.05) is 0 Å². The summed E-state index contributed by atoms with van der Waals surface area (Å²) in [7, 11) is 0. The van der Waals surface area contributed by atoms with E-state index in [1.165, 1.54) is 0 Å². The minimum Gasteiger partial charge on any atom is -0.481 e. The zero-order valence-electron chi connectivity index (χ0n) is 15.9. The molecule has 0 radical (unpaired) electrons. The molecular formula is C19H27N3O6. The lowest BCUT2D eigenvalue weighted by Gasteiger charge is -2.25. The largest absolute Gasteiger partial charge is 0.481 e. The highest BCUT2D eigenvalue weighted by atomic mass is 16.4. The predicted molar refractivity (Wildman–Crippen MR) is 101 cm³/mol. The van der Waals surface area contributed by atoms with E-state index in [1.54, 1.807) is 44.2 Å². The van der Waals surface area contributed by atoms with Crippen LogP contribution in [0.1, 0.15) is 32.3 Å². The molecule has 0 spiro atoms. The number of benzene rings is 1. The number of rotatable bonds is 11. The number of carboxylic acids is 2. The number of nitrogens with two attached hydrogens (primary N) is 1. The molecule has 0 aromatic heterocycles. The molecule has 1 rings (SSSR count). The van der Waals surface area contributed by atoms with Crippen LogP contribution in [0.25, 0.3) is 0 Å². The molecule has 9 nitrogen and oxygen atoms in total. The van der Waals surface area contributed by atoms with Crippen LogP contribution in [-0.4, -0.2) is 52.1 Å². The van der Waals surface area contributed by atoms with Crippen molar-refractivity contribution in [3.05, 3.63) is 35.9 Å². The zero-order valence-corrected chi connectivity index (χ0v) is 15.9. The number of carboxylic acid groups (broad SMARTS) is 2. The lowest BCUT2D eigenvalue weighted by atomic mass is 10.0. The van der Waals surface area contributed by atoms with Gasteiger partial charge in [0.05, 0.1) is 6.04 Å². The van der Waals surface area contributed by atoms with E-state index in [0.29, 0.717) is 0 Å². The highest BCUT2D eigenvalue weighted by molar-refractivity contribution is 5.92. The van der Waals surface area contributed by atoms with E-state index in [0.717, 1.165) is 5.56 Å². The van der Waals surface area contributed by atoms with Gasteiger partial charge < -0.3 is 26.6 Å². The first-order chi connectivity index (χ1) is 13.1. The van der Waals surface area contributed by atoms with E-state index in [4.69, 9.17) is 10.8 Å². The number of aliphatic carboxylic acids is 2. The van der Waals surface area contributed by atoms with Crippen molar-refractivity contribution in [1.82, 2.24) is 10.6 Å². The molecule has 0 bridgehead atoms. The monoisotopic (exact) mass is 393 g/mol. The number of carbonyl (C=O) groups excluding carboxylic acids is 2. The lowest BCUT2D eigenvalue weighted by Crippen LogP contribution is -2.56. The van der Waals surface area contributed by atoms with Crippen LogP contribution in [0.5, 0.6) is 0 Å². The second kappa shape index (κ2) is 11.0. The summed E-state index contributed by atoms with van der Waals surface area (Å²) >= 11 is 0. The maximum atomic E-state index is 12.6. The van der Waals surface area contributed by atoms with Gasteiger partial charge in [-0.2, -0.15) is 0 Å². The molecule has 0 saturated carbocycles. The van der Waals surface area contributed by atoms with Crippen molar-refractivity contribution in [1.29, 1.82) is 0 Å². The summed E-state index contributed by atoms with van der Waals surface area (Å²) < 4.78 is 0. The average molecular weight is 393 g/mol. The molecule has 2 amide bonds. The van der Waals surface area contributed by atoms with Gasteiger partial charge in [-0.3, -0.25) is 14.4 Å². The van der Waals surface area contributed by atoms with Crippen molar-refractivity contribution in [2.24, 2.45) is 11.7 Å². The quantitative estimate of drug-likeness (QED) is 0.357. The molecular weight excluding hydrogens is 366 g/mol. The Balaban J connectivity index is 2.77. The van der Waals surface area contributed by atoms with E-state index in [-0.39, 0.29) is 25.2 Å². The van der Waals surface area contributed by atoms with Gasteiger partial charge >= 0.3 is 11.9 Å². The molecule has 1 aromatic rings. The summed E-state index contributed by atoms with van der Waals surface area (Å²) in [4.78, 5) is 46.9. The fourth-order valence-corrected chi connectivity index (χ4v) is 2.52. The summed E-state index contributed by atoms with van der Waals surface area (Å²) in [5.41, 5.74) is 6.41. The lowest BCUT2D eigenvalue weighted by molar-refractivity contribution is -0.142. The van der Waals surface area contributed by atoms with Gasteiger partial charge in [-0.1, -0.05) is 44.2 Å². The SMILES string of the molecule is CC(C)[C@H](NC(=O)[C@H](N)CCC(=O)O)C(=O)N[C@@H](Cc1ccccc1)C(=O)O. The predicted octanol–water partition coefficient (Wildman–Crippen LogP) is 0.131. The molecule has 9 heteroatoms. The van der Waals surface area contributed by atoms with Crippen LogP contribution < -0.4 is 16.4 Å². The third-order valence-corrected chi connectivity index (χ3v) is 4.15. The molecule has 0 fully saturated rings. The Morgan fingerprint density at radius 1 is 1.00 bits per heavy atom. The molecule has 0 aliphatic carbocycles. The molecule has 0 unspecified atom stereocenters. The Hall–Kier alpha value is -2.94. The van der Waals surface area contributed by atoms with Crippen molar-refractivity contribution in [2.45, 2.75) is 51.2 Å². The van der Waals surface area contributed by atoms with Gasteiger partial charge in [-0.15, -0.1) is 0 Å². The van der Waals surface area contributed by atoms with Crippen LogP contribution in [0, 0.1) is 5.92 Å². The second-order valence-electron chi connectivity index (χ2n) is 6.86. The smallest absolute Gasteiger partial charge is 0.326 e. The summed E-state index contributed by atoms with van der Waals surface area (Å²) in [5.74, 6) is -3.90. The first kappa shape index (κ1) is 23.1. The molecule has 0 aliphatic heterocycles. The number of nitrogens with one attached hydrogen (secondary N) is 2. The van der Waals surface area contributed by atoms with Crippen LogP contribution in [0.3, 0.4) is 0 Å². The first-order valence-electron chi connectivity index (χ1n) is 8.96. The van der Waals surface area contributed by atoms with Gasteiger partial charge in [0.1, 0.15) is 12.1 Å². The topological polar surface area (TPSA) is 159 Å². The number of amides is 2. The van der Waals surface area contributed by atoms with E-state index in [1.807, 2.05) is 0 Å². The fraction of sp³-hybridized carbons (Fsp3) is 0.474. The molecule has 0 aliphatic rings. The number of hydrogen-bond donors (Lipinski definition) is 5. The van der Waals surface area contributed by atoms with Gasteiger partial charge in [-0.05, 0) is 17.9 Å². The standard InChI is InChI=1S/C19H27N3O6/c1-11(2)16(22-17(25)13(20)8-9-15(23)24)18(26)21-14(19(27)28)10-12-6-4-3-5-7-12/h3-7,11,13-14,16H,8-10,20H2,1-2H3,(H,21,26)(H,22,25)(H,23,24)(H,27,28)/t13-,14+,16+/m1/s1. The normalized spacial score (nSPS) is 14.0. The Kier molecular flexibility index (Phi) is 9.10. The number of hydrogen-bond acceptors (Lipinski definition) is 5. The number of carbonyl (C=O) groups is 4. The third kappa shape index (κ3) is 7.75. The zero-order chi connectivity index (χ0) is 21.3. The van der Waals surface area contributed by atoms with Crippen molar-refractivity contribution in [3.8, 4) is 0 Å². The Morgan fingerprint density at radius 3 is 2.11 bits per heavy atom. The maximum Gasteiger partial charge on any atom is 0.326 e. The van der Waals surface area contributed by atoms with Crippen LogP contribution >= 0.6 is 0 Å². The third-order valence-electron chi connectivity index (χ3n) is 4.15. The molecule has 3 atom stereocenters. The molecule has 1 aromatic carbocycles. The van der Waals surface area contributed by atoms with Crippen LogP contribution in [0.4, 0.5) is 0 Å². The van der Waals surface area contributed by atoms with Crippen LogP contribution in [0.15, 0.2) is 30.3 Å². The van der Waals surface area contributed by atoms with Gasteiger partial charge in [-0.25, -0.2) is 4.79 Å². The van der Waals surface area contributed by atoms with Crippen molar-refractivity contribution < 1.29 is 29.4 Å². The van der Waals surface area contributed by atoms with Crippen LogP contribution in [-0.2, 0) is 25.6 Å². The average Bonchev–Trinajstić information content (AvgIpc) is 2.63. The highest BCUT2D eigenvalue weighted by Crippen LogP contribution is 2.07. The molecule has 28 heavy (non-hydrogen) atoms. The highest BCUT2D eigenvalue weighted by Gasteiger charge is 2.30. The Bertz CT molecular complexity index is 692. The van der Waals surface area contributed by atoms with E-state index in [9.17, 15) is 24.3 Å². The Labute approximate surface area is 163 Å². The van der Waals surface area contributed by atoms with Gasteiger partial charge in [0.25, 0.3) is 0 Å². The molecule has 0 heterocycles. The minimum absolute atomic E-state index is 0.0701. The molecule has 6 N–H and O–H groups in total. The van der Waals surface area contributed by atoms with E-state index in [2.05, 4.69) is 10.6 Å². The fourth-order valence-electron chi connectivity index (χ4n) is 2.52. The molecule has 0 saturated heterocycles. The first-order valence-corrected chi connectivity index (χ1v) is 8.96. The maximum absolute atomic E-state index is 12.6. The summed E-state index contributed by atoms with van der Waals surface area (Å²) in [5, 5.41) is 23.0.